The highest BCUT2D eigenvalue weighted by Gasteiger charge is 2.23. The van der Waals surface area contributed by atoms with Gasteiger partial charge in [-0.2, -0.15) is 5.10 Å². The Morgan fingerprint density at radius 2 is 2.25 bits per heavy atom. The molecule has 1 aromatic heterocycles. The van der Waals surface area contributed by atoms with Gasteiger partial charge in [-0.15, -0.1) is 0 Å². The molecule has 1 fully saturated rings. The van der Waals surface area contributed by atoms with Crippen LogP contribution in [0.15, 0.2) is 30.5 Å². The molecule has 0 aliphatic carbocycles. The van der Waals surface area contributed by atoms with Crippen LogP contribution in [0.5, 0.6) is 0 Å². The van der Waals surface area contributed by atoms with E-state index < -0.39 is 6.30 Å². The van der Waals surface area contributed by atoms with Crippen LogP contribution in [0.4, 0.5) is 4.39 Å². The molecule has 1 aliphatic heterocycles. The molecule has 2 aromatic rings. The summed E-state index contributed by atoms with van der Waals surface area (Å²) in [6.07, 6.45) is 2.39. The fourth-order valence-corrected chi connectivity index (χ4v) is 2.35. The van der Waals surface area contributed by atoms with Gasteiger partial charge in [0.1, 0.15) is 0 Å². The molecule has 0 amide bonds. The lowest BCUT2D eigenvalue weighted by Crippen LogP contribution is -2.36. The van der Waals surface area contributed by atoms with E-state index in [1.807, 2.05) is 35.1 Å². The normalized spacial score (nSPS) is 26.1. The standard InChI is InChI=1S/C12H14FN3/c13-12-7-10(5-6-14-12)16-11-4-2-1-3-9(11)8-15-16/h1-4,8,10,12,14H,5-7H2. The molecule has 2 heterocycles. The number of halogens is 1. The Morgan fingerprint density at radius 1 is 1.38 bits per heavy atom. The highest BCUT2D eigenvalue weighted by molar-refractivity contribution is 5.78. The number of hydrogen-bond acceptors (Lipinski definition) is 2. The Labute approximate surface area is 93.3 Å². The Balaban J connectivity index is 1.99. The van der Waals surface area contributed by atoms with Gasteiger partial charge in [0.15, 0.2) is 6.30 Å². The molecule has 84 valence electrons. The quantitative estimate of drug-likeness (QED) is 0.745. The Kier molecular flexibility index (Phi) is 2.36. The van der Waals surface area contributed by atoms with Crippen molar-refractivity contribution in [2.75, 3.05) is 6.54 Å². The van der Waals surface area contributed by atoms with Crippen LogP contribution in [0.1, 0.15) is 18.9 Å². The van der Waals surface area contributed by atoms with Crippen LogP contribution < -0.4 is 5.32 Å². The summed E-state index contributed by atoms with van der Waals surface area (Å²) in [5.74, 6) is 0. The molecular weight excluding hydrogens is 205 g/mol. The second-order valence-corrected chi connectivity index (χ2v) is 4.25. The van der Waals surface area contributed by atoms with Crippen LogP contribution in [0.25, 0.3) is 10.9 Å². The van der Waals surface area contributed by atoms with Gasteiger partial charge in [0.25, 0.3) is 0 Å². The summed E-state index contributed by atoms with van der Waals surface area (Å²) in [7, 11) is 0. The fourth-order valence-electron chi connectivity index (χ4n) is 2.35. The topological polar surface area (TPSA) is 29.9 Å². The van der Waals surface area contributed by atoms with Crippen LogP contribution in [-0.2, 0) is 0 Å². The van der Waals surface area contributed by atoms with Crippen molar-refractivity contribution in [2.45, 2.75) is 25.2 Å². The first-order valence-corrected chi connectivity index (χ1v) is 5.64. The third-order valence-electron chi connectivity index (χ3n) is 3.17. The number of benzene rings is 1. The summed E-state index contributed by atoms with van der Waals surface area (Å²) in [4.78, 5) is 0. The van der Waals surface area contributed by atoms with E-state index in [4.69, 9.17) is 0 Å². The third kappa shape index (κ3) is 1.59. The van der Waals surface area contributed by atoms with Crippen molar-refractivity contribution in [3.63, 3.8) is 0 Å². The summed E-state index contributed by atoms with van der Waals surface area (Å²) < 4.78 is 15.2. The Morgan fingerprint density at radius 3 is 3.12 bits per heavy atom. The van der Waals surface area contributed by atoms with Gasteiger partial charge >= 0.3 is 0 Å². The number of rotatable bonds is 1. The fraction of sp³-hybridized carbons (Fsp3) is 0.417. The van der Waals surface area contributed by atoms with Crippen molar-refractivity contribution in [1.29, 1.82) is 0 Å². The number of nitrogens with zero attached hydrogens (tertiary/aromatic N) is 2. The number of aromatic nitrogens is 2. The van der Waals surface area contributed by atoms with Gasteiger partial charge in [-0.05, 0) is 19.0 Å². The number of piperidine rings is 1. The minimum atomic E-state index is -0.901. The average molecular weight is 219 g/mol. The summed E-state index contributed by atoms with van der Waals surface area (Å²) in [6.45, 7) is 0.722. The van der Waals surface area contributed by atoms with E-state index in [9.17, 15) is 4.39 Å². The maximum Gasteiger partial charge on any atom is 0.153 e. The number of para-hydroxylation sites is 1. The van der Waals surface area contributed by atoms with Crippen LogP contribution in [-0.4, -0.2) is 22.6 Å². The molecule has 16 heavy (non-hydrogen) atoms. The maximum atomic E-state index is 13.3. The SMILES string of the molecule is FC1CC(n2ncc3ccccc32)CCN1. The number of alkyl halides is 1. The van der Waals surface area contributed by atoms with E-state index in [0.717, 1.165) is 23.9 Å². The van der Waals surface area contributed by atoms with Crippen LogP contribution >= 0.6 is 0 Å². The minimum absolute atomic E-state index is 0.177. The monoisotopic (exact) mass is 219 g/mol. The van der Waals surface area contributed by atoms with Crippen molar-refractivity contribution in [2.24, 2.45) is 0 Å². The molecular formula is C12H14FN3. The van der Waals surface area contributed by atoms with Gasteiger partial charge in [-0.1, -0.05) is 18.2 Å². The molecule has 1 saturated heterocycles. The lowest BCUT2D eigenvalue weighted by Gasteiger charge is -2.26. The molecule has 0 radical (unpaired) electrons. The van der Waals surface area contributed by atoms with Crippen LogP contribution in [0.3, 0.4) is 0 Å². The van der Waals surface area contributed by atoms with E-state index in [0.29, 0.717) is 6.42 Å². The first kappa shape index (κ1) is 9.78. The molecule has 0 saturated carbocycles. The van der Waals surface area contributed by atoms with Gasteiger partial charge < -0.3 is 0 Å². The van der Waals surface area contributed by atoms with E-state index >= 15 is 0 Å². The number of nitrogens with one attached hydrogen (secondary N) is 1. The average Bonchev–Trinajstić information content (AvgIpc) is 2.72. The lowest BCUT2D eigenvalue weighted by atomic mass is 10.1. The van der Waals surface area contributed by atoms with E-state index in [1.54, 1.807) is 0 Å². The van der Waals surface area contributed by atoms with Crippen molar-refractivity contribution < 1.29 is 4.39 Å². The van der Waals surface area contributed by atoms with Crippen LogP contribution in [0, 0.1) is 0 Å². The van der Waals surface area contributed by atoms with Gasteiger partial charge in [-0.3, -0.25) is 10.00 Å². The van der Waals surface area contributed by atoms with Crippen molar-refractivity contribution in [3.8, 4) is 0 Å². The van der Waals surface area contributed by atoms with Crippen molar-refractivity contribution >= 4 is 10.9 Å². The zero-order chi connectivity index (χ0) is 11.0. The highest BCUT2D eigenvalue weighted by atomic mass is 19.1. The summed E-state index contributed by atoms with van der Waals surface area (Å²) in [5, 5.41) is 8.31. The smallest absolute Gasteiger partial charge is 0.153 e. The molecule has 3 nitrogen and oxygen atoms in total. The van der Waals surface area contributed by atoms with Gasteiger partial charge in [0.05, 0.1) is 17.8 Å². The van der Waals surface area contributed by atoms with Gasteiger partial charge in [0.2, 0.25) is 0 Å². The van der Waals surface area contributed by atoms with Crippen molar-refractivity contribution in [3.05, 3.63) is 30.5 Å². The summed E-state index contributed by atoms with van der Waals surface area (Å²) in [5.41, 5.74) is 1.10. The van der Waals surface area contributed by atoms with E-state index in [1.165, 1.54) is 0 Å². The molecule has 1 N–H and O–H groups in total. The second-order valence-electron chi connectivity index (χ2n) is 4.25. The van der Waals surface area contributed by atoms with E-state index in [2.05, 4.69) is 10.4 Å². The Hall–Kier alpha value is -1.42. The zero-order valence-electron chi connectivity index (χ0n) is 8.94. The largest absolute Gasteiger partial charge is 0.288 e. The summed E-state index contributed by atoms with van der Waals surface area (Å²) in [6, 6.07) is 8.24. The first-order chi connectivity index (χ1) is 7.84. The molecule has 1 aliphatic rings. The Bertz CT molecular complexity index is 494. The number of fused-ring (bicyclic) bond motifs is 1. The molecule has 1 aromatic carbocycles. The van der Waals surface area contributed by atoms with Gasteiger partial charge in [-0.25, -0.2) is 4.39 Å². The number of hydrogen-bond donors (Lipinski definition) is 1. The minimum Gasteiger partial charge on any atom is -0.288 e. The molecule has 2 atom stereocenters. The lowest BCUT2D eigenvalue weighted by molar-refractivity contribution is 0.175. The van der Waals surface area contributed by atoms with Crippen molar-refractivity contribution in [1.82, 2.24) is 15.1 Å². The molecule has 2 unspecified atom stereocenters. The molecule has 4 heteroatoms. The predicted molar refractivity (Wildman–Crippen MR) is 60.9 cm³/mol. The van der Waals surface area contributed by atoms with Gasteiger partial charge in [0, 0.05) is 11.8 Å². The molecule has 0 bridgehead atoms. The predicted octanol–water partition coefficient (Wildman–Crippen LogP) is 2.26. The van der Waals surface area contributed by atoms with Crippen LogP contribution in [0.2, 0.25) is 0 Å². The highest BCUT2D eigenvalue weighted by Crippen LogP contribution is 2.25. The molecule has 3 rings (SSSR count). The first-order valence-electron chi connectivity index (χ1n) is 5.64. The maximum absolute atomic E-state index is 13.3. The van der Waals surface area contributed by atoms with E-state index in [-0.39, 0.29) is 6.04 Å². The third-order valence-corrected chi connectivity index (χ3v) is 3.17. The molecule has 0 spiro atoms. The summed E-state index contributed by atoms with van der Waals surface area (Å²) >= 11 is 0. The zero-order valence-corrected chi connectivity index (χ0v) is 8.94. The second kappa shape index (κ2) is 3.87.